The van der Waals surface area contributed by atoms with Crippen molar-refractivity contribution in [2.24, 2.45) is 0 Å². The quantitative estimate of drug-likeness (QED) is 0.755. The summed E-state index contributed by atoms with van der Waals surface area (Å²) in [5.74, 6) is -0.0318. The number of hydrogen-bond acceptors (Lipinski definition) is 5. The highest BCUT2D eigenvalue weighted by molar-refractivity contribution is 5.93. The van der Waals surface area contributed by atoms with Gasteiger partial charge in [-0.3, -0.25) is 9.59 Å². The van der Waals surface area contributed by atoms with Gasteiger partial charge in [0.1, 0.15) is 16.9 Å². The predicted molar refractivity (Wildman–Crippen MR) is 95.3 cm³/mol. The lowest BCUT2D eigenvalue weighted by Crippen LogP contribution is -2.44. The van der Waals surface area contributed by atoms with Crippen LogP contribution in [0.15, 0.2) is 63.8 Å². The van der Waals surface area contributed by atoms with Gasteiger partial charge in [0.15, 0.2) is 11.2 Å². The van der Waals surface area contributed by atoms with E-state index in [1.54, 1.807) is 36.4 Å². The predicted octanol–water partition coefficient (Wildman–Crippen LogP) is 2.19. The number of carbonyl (C=O) groups is 1. The molecule has 0 aliphatic carbocycles. The maximum Gasteiger partial charge on any atom is 0.287 e. The molecule has 132 valence electrons. The molecule has 0 unspecified atom stereocenters. The maximum atomic E-state index is 12.5. The van der Waals surface area contributed by atoms with Crippen LogP contribution >= 0.6 is 0 Å². The molecule has 0 spiro atoms. The van der Waals surface area contributed by atoms with Gasteiger partial charge in [0, 0.05) is 18.1 Å². The summed E-state index contributed by atoms with van der Waals surface area (Å²) in [4.78, 5) is 24.6. The van der Waals surface area contributed by atoms with Gasteiger partial charge in [0.25, 0.3) is 5.91 Å². The Bertz CT molecular complexity index is 1040. The minimum absolute atomic E-state index is 0.0112. The summed E-state index contributed by atoms with van der Waals surface area (Å²) >= 11 is 0. The number of carbonyl (C=O) groups excluding carboxylic acids is 1. The lowest BCUT2D eigenvalue weighted by molar-refractivity contribution is -0.00180. The van der Waals surface area contributed by atoms with Crippen molar-refractivity contribution >= 4 is 16.9 Å². The first-order chi connectivity index (χ1) is 12.6. The minimum Gasteiger partial charge on any atom is -0.493 e. The smallest absolute Gasteiger partial charge is 0.287 e. The number of amides is 1. The second-order valence-corrected chi connectivity index (χ2v) is 6.28. The summed E-state index contributed by atoms with van der Waals surface area (Å²) in [6, 6.07) is 15.1. The molecule has 2 N–H and O–H groups in total. The SMILES string of the molecule is O=C(NC[C@@]1(O)CCOc2ccccc21)c1cc(=O)c2ccccc2o1. The van der Waals surface area contributed by atoms with E-state index in [4.69, 9.17) is 9.15 Å². The van der Waals surface area contributed by atoms with Crippen molar-refractivity contribution in [3.8, 4) is 5.75 Å². The van der Waals surface area contributed by atoms with E-state index in [9.17, 15) is 14.7 Å². The van der Waals surface area contributed by atoms with E-state index < -0.39 is 11.5 Å². The zero-order chi connectivity index (χ0) is 18.1. The molecule has 6 nitrogen and oxygen atoms in total. The van der Waals surface area contributed by atoms with Crippen LogP contribution in [-0.2, 0) is 5.60 Å². The molecule has 1 aliphatic heterocycles. The van der Waals surface area contributed by atoms with Crippen molar-refractivity contribution in [2.45, 2.75) is 12.0 Å². The van der Waals surface area contributed by atoms with Crippen molar-refractivity contribution < 1.29 is 19.1 Å². The van der Waals surface area contributed by atoms with E-state index in [0.717, 1.165) is 0 Å². The number of hydrogen-bond donors (Lipinski definition) is 2. The van der Waals surface area contributed by atoms with Gasteiger partial charge in [0.2, 0.25) is 0 Å². The van der Waals surface area contributed by atoms with Crippen molar-refractivity contribution in [1.82, 2.24) is 5.32 Å². The summed E-state index contributed by atoms with van der Waals surface area (Å²) in [5.41, 5.74) is -0.541. The molecule has 4 rings (SSSR count). The molecule has 1 amide bonds. The lowest BCUT2D eigenvalue weighted by atomic mass is 9.88. The molecule has 1 aromatic heterocycles. The molecule has 1 atom stereocenters. The number of ether oxygens (including phenoxy) is 1. The Morgan fingerprint density at radius 1 is 1.15 bits per heavy atom. The molecule has 0 fully saturated rings. The highest BCUT2D eigenvalue weighted by atomic mass is 16.5. The fourth-order valence-corrected chi connectivity index (χ4v) is 3.15. The normalized spacial score (nSPS) is 18.8. The molecule has 0 bridgehead atoms. The molecule has 0 saturated heterocycles. The summed E-state index contributed by atoms with van der Waals surface area (Å²) in [6.45, 7) is 0.344. The van der Waals surface area contributed by atoms with Crippen molar-refractivity contribution in [2.75, 3.05) is 13.2 Å². The number of rotatable bonds is 3. The highest BCUT2D eigenvalue weighted by Gasteiger charge is 2.36. The molecular formula is C20H17NO5. The fraction of sp³-hybridized carbons (Fsp3) is 0.200. The number of benzene rings is 2. The van der Waals surface area contributed by atoms with E-state index >= 15 is 0 Å². The van der Waals surface area contributed by atoms with Gasteiger partial charge in [-0.05, 0) is 18.2 Å². The Kier molecular flexibility index (Phi) is 3.97. The molecule has 0 saturated carbocycles. The van der Waals surface area contributed by atoms with Crippen LogP contribution in [0, 0.1) is 0 Å². The Hall–Kier alpha value is -3.12. The van der Waals surface area contributed by atoms with Crippen LogP contribution in [0.3, 0.4) is 0 Å². The summed E-state index contributed by atoms with van der Waals surface area (Å²) in [5, 5.41) is 14.0. The number of aliphatic hydroxyl groups is 1. The summed E-state index contributed by atoms with van der Waals surface area (Å²) < 4.78 is 11.1. The zero-order valence-corrected chi connectivity index (χ0v) is 13.9. The minimum atomic E-state index is -1.23. The third-order valence-electron chi connectivity index (χ3n) is 4.56. The third kappa shape index (κ3) is 2.84. The standard InChI is InChI=1S/C20H17NO5/c22-15-11-18(26-16-7-3-1-5-13(15)16)19(23)21-12-20(24)9-10-25-17-8-4-2-6-14(17)20/h1-8,11,24H,9-10,12H2,(H,21,23)/t20-/m0/s1. The highest BCUT2D eigenvalue weighted by Crippen LogP contribution is 2.36. The topological polar surface area (TPSA) is 88.8 Å². The van der Waals surface area contributed by atoms with Crippen molar-refractivity contribution in [3.05, 3.63) is 76.1 Å². The summed E-state index contributed by atoms with van der Waals surface area (Å²) in [7, 11) is 0. The third-order valence-corrected chi connectivity index (χ3v) is 4.56. The second kappa shape index (κ2) is 6.31. The Morgan fingerprint density at radius 2 is 1.92 bits per heavy atom. The Morgan fingerprint density at radius 3 is 2.81 bits per heavy atom. The van der Waals surface area contributed by atoms with Gasteiger partial charge in [-0.1, -0.05) is 30.3 Å². The maximum absolute atomic E-state index is 12.5. The molecule has 3 aromatic rings. The van der Waals surface area contributed by atoms with Crippen LogP contribution in [0.5, 0.6) is 5.75 Å². The van der Waals surface area contributed by atoms with Gasteiger partial charge in [-0.15, -0.1) is 0 Å². The first-order valence-electron chi connectivity index (χ1n) is 8.33. The molecule has 6 heteroatoms. The fourth-order valence-electron chi connectivity index (χ4n) is 3.15. The van der Waals surface area contributed by atoms with Gasteiger partial charge in [0.05, 0.1) is 18.5 Å². The van der Waals surface area contributed by atoms with E-state index in [-0.39, 0.29) is 17.7 Å². The van der Waals surface area contributed by atoms with Crippen LogP contribution in [-0.4, -0.2) is 24.2 Å². The number of nitrogens with one attached hydrogen (secondary N) is 1. The molecule has 26 heavy (non-hydrogen) atoms. The zero-order valence-electron chi connectivity index (χ0n) is 13.9. The molecule has 1 aliphatic rings. The van der Waals surface area contributed by atoms with Crippen molar-refractivity contribution in [1.29, 1.82) is 0 Å². The van der Waals surface area contributed by atoms with Crippen LogP contribution in [0.2, 0.25) is 0 Å². The monoisotopic (exact) mass is 351 g/mol. The average Bonchev–Trinajstić information content (AvgIpc) is 2.66. The first kappa shape index (κ1) is 16.4. The average molecular weight is 351 g/mol. The lowest BCUT2D eigenvalue weighted by Gasteiger charge is -2.34. The molecular weight excluding hydrogens is 334 g/mol. The van der Waals surface area contributed by atoms with Gasteiger partial charge in [-0.2, -0.15) is 0 Å². The van der Waals surface area contributed by atoms with Crippen LogP contribution in [0.1, 0.15) is 22.5 Å². The van der Waals surface area contributed by atoms with Crippen LogP contribution in [0.4, 0.5) is 0 Å². The number of fused-ring (bicyclic) bond motifs is 2. The Balaban J connectivity index is 1.57. The first-order valence-corrected chi connectivity index (χ1v) is 8.33. The van der Waals surface area contributed by atoms with E-state index in [1.165, 1.54) is 6.07 Å². The van der Waals surface area contributed by atoms with Crippen molar-refractivity contribution in [3.63, 3.8) is 0 Å². The molecule has 0 radical (unpaired) electrons. The number of para-hydroxylation sites is 2. The second-order valence-electron chi connectivity index (χ2n) is 6.28. The van der Waals surface area contributed by atoms with Crippen LogP contribution < -0.4 is 15.5 Å². The Labute approximate surface area is 149 Å². The van der Waals surface area contributed by atoms with Gasteiger partial charge in [-0.25, -0.2) is 0 Å². The molecule has 2 heterocycles. The molecule has 2 aromatic carbocycles. The van der Waals surface area contributed by atoms with Crippen LogP contribution in [0.25, 0.3) is 11.0 Å². The van der Waals surface area contributed by atoms with E-state index in [1.807, 2.05) is 12.1 Å². The van der Waals surface area contributed by atoms with E-state index in [0.29, 0.717) is 35.3 Å². The largest absolute Gasteiger partial charge is 0.493 e. The van der Waals surface area contributed by atoms with Gasteiger partial charge < -0.3 is 19.6 Å². The summed E-state index contributed by atoms with van der Waals surface area (Å²) in [6.07, 6.45) is 0.353. The van der Waals surface area contributed by atoms with E-state index in [2.05, 4.69) is 5.32 Å². The van der Waals surface area contributed by atoms with Gasteiger partial charge >= 0.3 is 0 Å².